The molecular weight excluding hydrogens is 335 g/mol. The van der Waals surface area contributed by atoms with Gasteiger partial charge >= 0.3 is 0 Å². The van der Waals surface area contributed by atoms with Gasteiger partial charge in [0.25, 0.3) is 0 Å². The lowest BCUT2D eigenvalue weighted by atomic mass is 10.2. The molecule has 0 atom stereocenters. The first-order valence-corrected chi connectivity index (χ1v) is 6.56. The standard InChI is InChI=1S/C14H11BrF3NO/c1-19-7-9-10(16)3-2-4-12(9)20-13-6-8(15)5-11(17)14(13)18/h2-6,19H,7H2,1H3. The number of hydrogen-bond acceptors (Lipinski definition) is 2. The van der Waals surface area contributed by atoms with E-state index < -0.39 is 17.5 Å². The van der Waals surface area contributed by atoms with Gasteiger partial charge in [-0.05, 0) is 31.3 Å². The highest BCUT2D eigenvalue weighted by Gasteiger charge is 2.15. The Balaban J connectivity index is 2.42. The monoisotopic (exact) mass is 345 g/mol. The third-order valence-electron chi connectivity index (χ3n) is 2.61. The van der Waals surface area contributed by atoms with Crippen LogP contribution >= 0.6 is 15.9 Å². The van der Waals surface area contributed by atoms with Crippen molar-refractivity contribution in [3.05, 3.63) is 57.8 Å². The van der Waals surface area contributed by atoms with Crippen molar-refractivity contribution >= 4 is 15.9 Å². The van der Waals surface area contributed by atoms with Crippen LogP contribution in [0.25, 0.3) is 0 Å². The first-order valence-electron chi connectivity index (χ1n) is 5.77. The molecule has 2 aromatic carbocycles. The van der Waals surface area contributed by atoms with Gasteiger partial charge in [-0.3, -0.25) is 0 Å². The van der Waals surface area contributed by atoms with Crippen LogP contribution in [0, 0.1) is 17.5 Å². The minimum absolute atomic E-state index is 0.135. The molecular formula is C14H11BrF3NO. The lowest BCUT2D eigenvalue weighted by Gasteiger charge is -2.13. The first kappa shape index (κ1) is 14.9. The van der Waals surface area contributed by atoms with Gasteiger partial charge in [0.2, 0.25) is 5.82 Å². The van der Waals surface area contributed by atoms with Crippen molar-refractivity contribution in [3.63, 3.8) is 0 Å². The zero-order valence-electron chi connectivity index (χ0n) is 10.5. The molecule has 1 N–H and O–H groups in total. The van der Waals surface area contributed by atoms with Crippen LogP contribution in [-0.4, -0.2) is 7.05 Å². The maximum Gasteiger partial charge on any atom is 0.201 e. The van der Waals surface area contributed by atoms with E-state index in [1.807, 2.05) is 0 Å². The Hall–Kier alpha value is -1.53. The fourth-order valence-corrected chi connectivity index (χ4v) is 2.12. The third-order valence-corrected chi connectivity index (χ3v) is 3.07. The Labute approximate surface area is 122 Å². The molecule has 2 rings (SSSR count). The average molecular weight is 346 g/mol. The lowest BCUT2D eigenvalue weighted by molar-refractivity contribution is 0.408. The Morgan fingerprint density at radius 2 is 1.85 bits per heavy atom. The van der Waals surface area contributed by atoms with Crippen LogP contribution in [0.5, 0.6) is 11.5 Å². The number of rotatable bonds is 4. The molecule has 0 aliphatic heterocycles. The summed E-state index contributed by atoms with van der Waals surface area (Å²) in [7, 11) is 1.65. The summed E-state index contributed by atoms with van der Waals surface area (Å²) in [4.78, 5) is 0. The molecule has 0 spiro atoms. The smallest absolute Gasteiger partial charge is 0.201 e. The maximum absolute atomic E-state index is 13.7. The summed E-state index contributed by atoms with van der Waals surface area (Å²) in [5.41, 5.74) is 0.245. The summed E-state index contributed by atoms with van der Waals surface area (Å²) in [5, 5.41) is 2.79. The highest BCUT2D eigenvalue weighted by Crippen LogP contribution is 2.32. The van der Waals surface area contributed by atoms with Gasteiger partial charge in [0.15, 0.2) is 11.6 Å². The van der Waals surface area contributed by atoms with Gasteiger partial charge in [0.1, 0.15) is 11.6 Å². The zero-order chi connectivity index (χ0) is 14.7. The average Bonchev–Trinajstić information content (AvgIpc) is 2.39. The predicted octanol–water partition coefficient (Wildman–Crippen LogP) is 4.38. The van der Waals surface area contributed by atoms with Crippen LogP contribution in [0.3, 0.4) is 0 Å². The summed E-state index contributed by atoms with van der Waals surface area (Å²) in [6, 6.07) is 6.48. The largest absolute Gasteiger partial charge is 0.454 e. The van der Waals surface area contributed by atoms with Crippen LogP contribution in [0.15, 0.2) is 34.8 Å². The molecule has 106 valence electrons. The van der Waals surface area contributed by atoms with Gasteiger partial charge in [-0.25, -0.2) is 8.78 Å². The van der Waals surface area contributed by atoms with Crippen molar-refractivity contribution < 1.29 is 17.9 Å². The molecule has 0 amide bonds. The highest BCUT2D eigenvalue weighted by atomic mass is 79.9. The van der Waals surface area contributed by atoms with Gasteiger partial charge in [-0.15, -0.1) is 0 Å². The maximum atomic E-state index is 13.7. The molecule has 0 unspecified atom stereocenters. The van der Waals surface area contributed by atoms with E-state index in [2.05, 4.69) is 21.2 Å². The van der Waals surface area contributed by atoms with Gasteiger partial charge in [-0.2, -0.15) is 4.39 Å². The summed E-state index contributed by atoms with van der Waals surface area (Å²) in [6.45, 7) is 0.208. The third kappa shape index (κ3) is 3.13. The van der Waals surface area contributed by atoms with Crippen molar-refractivity contribution in [2.75, 3.05) is 7.05 Å². The van der Waals surface area contributed by atoms with Crippen LogP contribution in [0.4, 0.5) is 13.2 Å². The molecule has 0 saturated carbocycles. The van der Waals surface area contributed by atoms with Gasteiger partial charge in [0, 0.05) is 16.6 Å². The molecule has 0 aliphatic rings. The minimum Gasteiger partial charge on any atom is -0.454 e. The number of nitrogens with one attached hydrogen (secondary N) is 1. The molecule has 0 heterocycles. The van der Waals surface area contributed by atoms with Crippen molar-refractivity contribution in [3.8, 4) is 11.5 Å². The molecule has 0 bridgehead atoms. The molecule has 2 aromatic rings. The SMILES string of the molecule is CNCc1c(F)cccc1Oc1cc(Br)cc(F)c1F. The summed E-state index contributed by atoms with van der Waals surface area (Å²) in [5.74, 6) is -2.81. The van der Waals surface area contributed by atoms with Crippen LogP contribution in [0.2, 0.25) is 0 Å². The van der Waals surface area contributed by atoms with Crippen LogP contribution < -0.4 is 10.1 Å². The normalized spacial score (nSPS) is 10.7. The minimum atomic E-state index is -1.12. The Morgan fingerprint density at radius 1 is 1.10 bits per heavy atom. The molecule has 2 nitrogen and oxygen atoms in total. The molecule has 0 radical (unpaired) electrons. The van der Waals surface area contributed by atoms with Crippen LogP contribution in [-0.2, 0) is 6.54 Å². The van der Waals surface area contributed by atoms with Crippen molar-refractivity contribution in [1.82, 2.24) is 5.32 Å². The van der Waals surface area contributed by atoms with E-state index in [0.717, 1.165) is 6.07 Å². The highest BCUT2D eigenvalue weighted by molar-refractivity contribution is 9.10. The topological polar surface area (TPSA) is 21.3 Å². The van der Waals surface area contributed by atoms with E-state index in [4.69, 9.17) is 4.74 Å². The van der Waals surface area contributed by atoms with Crippen molar-refractivity contribution in [1.29, 1.82) is 0 Å². The van der Waals surface area contributed by atoms with Crippen molar-refractivity contribution in [2.24, 2.45) is 0 Å². The predicted molar refractivity (Wildman–Crippen MR) is 73.3 cm³/mol. The van der Waals surface area contributed by atoms with Gasteiger partial charge in [0.05, 0.1) is 0 Å². The fraction of sp³-hybridized carbons (Fsp3) is 0.143. The van der Waals surface area contributed by atoms with Gasteiger partial charge < -0.3 is 10.1 Å². The lowest BCUT2D eigenvalue weighted by Crippen LogP contribution is -2.08. The molecule has 0 aromatic heterocycles. The van der Waals surface area contributed by atoms with Crippen molar-refractivity contribution in [2.45, 2.75) is 6.54 Å². The quantitative estimate of drug-likeness (QED) is 0.830. The number of benzene rings is 2. The van der Waals surface area contributed by atoms with E-state index in [9.17, 15) is 13.2 Å². The number of hydrogen-bond donors (Lipinski definition) is 1. The molecule has 0 fully saturated rings. The van der Waals surface area contributed by atoms with E-state index in [-0.39, 0.29) is 23.6 Å². The summed E-state index contributed by atoms with van der Waals surface area (Å²) >= 11 is 3.05. The Bertz CT molecular complexity index is 634. The molecule has 0 aliphatic carbocycles. The zero-order valence-corrected chi connectivity index (χ0v) is 12.1. The van der Waals surface area contributed by atoms with E-state index in [0.29, 0.717) is 4.47 Å². The fourth-order valence-electron chi connectivity index (χ4n) is 1.71. The Morgan fingerprint density at radius 3 is 2.55 bits per heavy atom. The van der Waals surface area contributed by atoms with E-state index in [1.165, 1.54) is 24.3 Å². The van der Waals surface area contributed by atoms with E-state index in [1.54, 1.807) is 7.05 Å². The molecule has 0 saturated heterocycles. The number of halogens is 4. The first-order chi connectivity index (χ1) is 9.52. The number of ether oxygens (including phenoxy) is 1. The Kier molecular flexibility index (Phi) is 4.67. The van der Waals surface area contributed by atoms with E-state index >= 15 is 0 Å². The molecule has 6 heteroatoms. The second kappa shape index (κ2) is 6.28. The summed E-state index contributed by atoms with van der Waals surface area (Å²) < 4.78 is 46.3. The molecule has 20 heavy (non-hydrogen) atoms. The second-order valence-electron chi connectivity index (χ2n) is 4.05. The second-order valence-corrected chi connectivity index (χ2v) is 4.96. The van der Waals surface area contributed by atoms with Crippen LogP contribution in [0.1, 0.15) is 5.56 Å². The summed E-state index contributed by atoms with van der Waals surface area (Å²) in [6.07, 6.45) is 0. The van der Waals surface area contributed by atoms with Gasteiger partial charge in [-0.1, -0.05) is 22.0 Å².